The molecule has 0 nitrogen and oxygen atoms in total. The van der Waals surface area contributed by atoms with Crippen LogP contribution < -0.4 is 0 Å². The second-order valence-corrected chi connectivity index (χ2v) is 5.64. The van der Waals surface area contributed by atoms with Crippen LogP contribution in [-0.4, -0.2) is 0 Å². The Hall–Kier alpha value is -2.60. The zero-order valence-corrected chi connectivity index (χ0v) is 12.3. The second-order valence-electron chi connectivity index (χ2n) is 5.64. The molecule has 0 N–H and O–H groups in total. The van der Waals surface area contributed by atoms with Crippen LogP contribution in [0.3, 0.4) is 0 Å². The van der Waals surface area contributed by atoms with Crippen molar-refractivity contribution in [2.24, 2.45) is 0 Å². The highest BCUT2D eigenvalue weighted by Crippen LogP contribution is 2.36. The second kappa shape index (κ2) is 4.99. The summed E-state index contributed by atoms with van der Waals surface area (Å²) in [5, 5.41) is 4.64. The Labute approximate surface area is 133 Å². The molecule has 0 aliphatic rings. The van der Waals surface area contributed by atoms with E-state index < -0.39 is 0 Å². The topological polar surface area (TPSA) is 0 Å². The maximum absolute atomic E-state index is 7.90. The Kier molecular flexibility index (Phi) is 2.50. The summed E-state index contributed by atoms with van der Waals surface area (Å²) in [6, 6.07) is 25.0. The van der Waals surface area contributed by atoms with Crippen LogP contribution in [0.25, 0.3) is 32.7 Å². The summed E-state index contributed by atoms with van der Waals surface area (Å²) in [6.45, 7) is 0.537. The van der Waals surface area contributed by atoms with Crippen LogP contribution in [0.15, 0.2) is 72.8 Å². The summed E-state index contributed by atoms with van der Waals surface area (Å²) in [6.07, 6.45) is 0. The standard InChI is InChI=1S/C22H18/c1-15-7-3-9-17-11-5-13-19(21(15)17)20-14-6-12-18-10-4-8-16(2)22(18)20/h3-14H,1-2H3/i1H,2H. The van der Waals surface area contributed by atoms with Gasteiger partial charge in [0.15, 0.2) is 0 Å². The molecule has 0 spiro atoms. The van der Waals surface area contributed by atoms with Gasteiger partial charge in [-0.25, -0.2) is 0 Å². The summed E-state index contributed by atoms with van der Waals surface area (Å²) in [5.74, 6) is 0. The van der Waals surface area contributed by atoms with Crippen LogP contribution in [0.2, 0.25) is 0 Å². The molecule has 0 fully saturated rings. The van der Waals surface area contributed by atoms with E-state index in [0.29, 0.717) is 0 Å². The Morgan fingerprint density at radius 3 is 1.36 bits per heavy atom. The third-order valence-corrected chi connectivity index (χ3v) is 4.27. The Morgan fingerprint density at radius 2 is 0.955 bits per heavy atom. The fourth-order valence-corrected chi connectivity index (χ4v) is 3.29. The van der Waals surface area contributed by atoms with E-state index in [1.807, 2.05) is 24.3 Å². The van der Waals surface area contributed by atoms with E-state index in [0.717, 1.165) is 43.8 Å². The summed E-state index contributed by atoms with van der Waals surface area (Å²) >= 11 is 0. The molecule has 0 heteroatoms. The molecule has 0 saturated heterocycles. The number of hydrogen-bond donors (Lipinski definition) is 0. The zero-order valence-electron chi connectivity index (χ0n) is 14.3. The molecule has 22 heavy (non-hydrogen) atoms. The summed E-state index contributed by atoms with van der Waals surface area (Å²) in [4.78, 5) is 0. The first kappa shape index (κ1) is 11.0. The lowest BCUT2D eigenvalue weighted by molar-refractivity contribution is 1.51. The summed E-state index contributed by atoms with van der Waals surface area (Å²) in [5.41, 5.74) is 4.40. The lowest BCUT2D eigenvalue weighted by Crippen LogP contribution is -1.88. The van der Waals surface area contributed by atoms with Gasteiger partial charge >= 0.3 is 0 Å². The fourth-order valence-electron chi connectivity index (χ4n) is 3.29. The van der Waals surface area contributed by atoms with E-state index in [4.69, 9.17) is 2.74 Å². The van der Waals surface area contributed by atoms with Gasteiger partial charge in [-0.2, -0.15) is 0 Å². The molecule has 0 aliphatic carbocycles. The number of rotatable bonds is 1. The largest absolute Gasteiger partial charge is 0.0614 e. The molecule has 0 atom stereocenters. The van der Waals surface area contributed by atoms with E-state index in [-0.39, 0.29) is 13.8 Å². The number of fused-ring (bicyclic) bond motifs is 2. The van der Waals surface area contributed by atoms with Crippen molar-refractivity contribution in [3.8, 4) is 11.1 Å². The highest BCUT2D eigenvalue weighted by atomic mass is 14.1. The molecule has 0 saturated carbocycles. The van der Waals surface area contributed by atoms with Gasteiger partial charge in [0, 0.05) is 2.74 Å². The van der Waals surface area contributed by atoms with Gasteiger partial charge in [0.05, 0.1) is 0 Å². The Balaban J connectivity index is 2.15. The van der Waals surface area contributed by atoms with Gasteiger partial charge in [-0.15, -0.1) is 0 Å². The maximum atomic E-state index is 7.90. The van der Waals surface area contributed by atoms with Crippen molar-refractivity contribution in [1.82, 2.24) is 0 Å². The normalized spacial score (nSPS) is 12.4. The predicted molar refractivity (Wildman–Crippen MR) is 96.4 cm³/mol. The van der Waals surface area contributed by atoms with Gasteiger partial charge in [-0.3, -0.25) is 0 Å². The molecule has 4 rings (SSSR count). The van der Waals surface area contributed by atoms with Crippen LogP contribution in [0.1, 0.15) is 13.9 Å². The van der Waals surface area contributed by atoms with Crippen LogP contribution in [-0.2, 0) is 0 Å². The van der Waals surface area contributed by atoms with E-state index in [1.54, 1.807) is 0 Å². The molecular formula is C22H18. The third kappa shape index (κ3) is 1.92. The average molecular weight is 282 g/mol. The lowest BCUT2D eigenvalue weighted by Gasteiger charge is -2.13. The Morgan fingerprint density at radius 1 is 0.545 bits per heavy atom. The minimum absolute atomic E-state index is 0.268. The third-order valence-electron chi connectivity index (χ3n) is 4.27. The SMILES string of the molecule is [1H]Cc1cccc2cccc(-c3cccc4cccc(C[1H])c34)c12. The molecule has 4 aromatic carbocycles. The first-order valence-electron chi connectivity index (χ1n) is 8.85. The van der Waals surface area contributed by atoms with Gasteiger partial charge in [-0.1, -0.05) is 72.8 Å². The van der Waals surface area contributed by atoms with Crippen molar-refractivity contribution in [1.29, 1.82) is 0 Å². The molecule has 0 aliphatic heterocycles. The highest BCUT2D eigenvalue weighted by molar-refractivity contribution is 6.07. The van der Waals surface area contributed by atoms with Crippen LogP contribution in [0.5, 0.6) is 0 Å². The van der Waals surface area contributed by atoms with Gasteiger partial charge in [-0.05, 0) is 57.6 Å². The first-order valence-corrected chi connectivity index (χ1v) is 7.43. The molecule has 0 aromatic heterocycles. The molecule has 106 valence electrons. The molecule has 4 aromatic rings. The van der Waals surface area contributed by atoms with Gasteiger partial charge in [0.25, 0.3) is 0 Å². The van der Waals surface area contributed by atoms with E-state index in [2.05, 4.69) is 48.5 Å². The average Bonchev–Trinajstić information content (AvgIpc) is 2.66. The highest BCUT2D eigenvalue weighted by Gasteiger charge is 2.10. The van der Waals surface area contributed by atoms with E-state index in [1.165, 1.54) is 0 Å². The van der Waals surface area contributed by atoms with Crippen LogP contribution >= 0.6 is 0 Å². The number of hydrogen-bond acceptors (Lipinski definition) is 0. The lowest BCUT2D eigenvalue weighted by atomic mass is 9.90. The quantitative estimate of drug-likeness (QED) is 0.385. The van der Waals surface area contributed by atoms with Gasteiger partial charge in [0.2, 0.25) is 0 Å². The summed E-state index contributed by atoms with van der Waals surface area (Å²) < 4.78 is 15.8. The number of benzene rings is 4. The molecule has 0 radical (unpaired) electrons. The fraction of sp³-hybridized carbons (Fsp3) is 0.0909. The summed E-state index contributed by atoms with van der Waals surface area (Å²) in [7, 11) is 0. The molecule has 0 bridgehead atoms. The van der Waals surface area contributed by atoms with Crippen molar-refractivity contribution in [3.05, 3.63) is 83.9 Å². The first-order chi connectivity index (χ1) is 11.8. The van der Waals surface area contributed by atoms with E-state index >= 15 is 0 Å². The molecule has 0 unspecified atom stereocenters. The van der Waals surface area contributed by atoms with Crippen LogP contribution in [0, 0.1) is 13.8 Å². The van der Waals surface area contributed by atoms with Crippen molar-refractivity contribution in [3.63, 3.8) is 0 Å². The van der Waals surface area contributed by atoms with Crippen molar-refractivity contribution >= 4 is 21.5 Å². The van der Waals surface area contributed by atoms with Crippen molar-refractivity contribution in [2.45, 2.75) is 13.8 Å². The molecule has 0 heterocycles. The Bertz CT molecular complexity index is 939. The van der Waals surface area contributed by atoms with Crippen LogP contribution in [0.4, 0.5) is 0 Å². The maximum Gasteiger partial charge on any atom is 0.0280 e. The zero-order chi connectivity index (χ0) is 16.5. The number of aryl methyl sites for hydroxylation is 2. The minimum Gasteiger partial charge on any atom is -0.0614 e. The van der Waals surface area contributed by atoms with Gasteiger partial charge < -0.3 is 0 Å². The molecular weight excluding hydrogens is 264 g/mol. The monoisotopic (exact) mass is 282 g/mol. The van der Waals surface area contributed by atoms with Crippen molar-refractivity contribution in [2.75, 3.05) is 0 Å². The predicted octanol–water partition coefficient (Wildman–Crippen LogP) is 6.28. The van der Waals surface area contributed by atoms with E-state index in [9.17, 15) is 0 Å². The smallest absolute Gasteiger partial charge is 0.0280 e. The van der Waals surface area contributed by atoms with Gasteiger partial charge in [0.1, 0.15) is 0 Å². The molecule has 0 amide bonds. The minimum atomic E-state index is 0.268. The van der Waals surface area contributed by atoms with Crippen molar-refractivity contribution < 1.29 is 2.74 Å².